The Balaban J connectivity index is 1.52. The van der Waals surface area contributed by atoms with Crippen molar-refractivity contribution in [2.24, 2.45) is 0 Å². The van der Waals surface area contributed by atoms with Crippen LogP contribution >= 0.6 is 0 Å². The molecule has 1 heterocycles. The van der Waals surface area contributed by atoms with Gasteiger partial charge in [-0.05, 0) is 36.8 Å². The van der Waals surface area contributed by atoms with E-state index in [1.54, 1.807) is 6.20 Å². The van der Waals surface area contributed by atoms with Gasteiger partial charge in [0.2, 0.25) is 0 Å². The van der Waals surface area contributed by atoms with Crippen LogP contribution in [0.3, 0.4) is 0 Å². The van der Waals surface area contributed by atoms with Crippen LogP contribution in [0.4, 0.5) is 0 Å². The molecule has 0 fully saturated rings. The van der Waals surface area contributed by atoms with E-state index in [2.05, 4.69) is 10.3 Å². The molecule has 0 aliphatic carbocycles. The van der Waals surface area contributed by atoms with E-state index in [9.17, 15) is 4.79 Å². The molecule has 2 aromatic carbocycles. The standard InChI is InChI=1S/C19H18N2O2/c1-14-4-6-15(7-5-14)12-21-19(22)13-23-17-8-9-18-16(11-17)3-2-10-20-18/h2-11H,12-13H2,1H3,(H,21,22). The van der Waals surface area contributed by atoms with Gasteiger partial charge in [0.05, 0.1) is 5.52 Å². The molecule has 0 bridgehead atoms. The first kappa shape index (κ1) is 15.0. The van der Waals surface area contributed by atoms with Crippen LogP contribution in [-0.2, 0) is 11.3 Å². The van der Waals surface area contributed by atoms with Gasteiger partial charge in [0.1, 0.15) is 5.75 Å². The van der Waals surface area contributed by atoms with Crippen molar-refractivity contribution in [1.82, 2.24) is 10.3 Å². The van der Waals surface area contributed by atoms with Crippen molar-refractivity contribution < 1.29 is 9.53 Å². The molecule has 23 heavy (non-hydrogen) atoms. The molecular formula is C19H18N2O2. The van der Waals surface area contributed by atoms with Crippen LogP contribution in [0, 0.1) is 6.92 Å². The zero-order chi connectivity index (χ0) is 16.1. The van der Waals surface area contributed by atoms with Gasteiger partial charge in [0.15, 0.2) is 6.61 Å². The Morgan fingerprint density at radius 1 is 1.13 bits per heavy atom. The summed E-state index contributed by atoms with van der Waals surface area (Å²) in [6.45, 7) is 2.54. The summed E-state index contributed by atoms with van der Waals surface area (Å²) in [5, 5.41) is 3.84. The third-order valence-electron chi connectivity index (χ3n) is 3.55. The second-order valence-corrected chi connectivity index (χ2v) is 5.41. The number of amides is 1. The number of ether oxygens (including phenoxy) is 1. The highest BCUT2D eigenvalue weighted by Gasteiger charge is 2.04. The molecule has 0 spiro atoms. The van der Waals surface area contributed by atoms with E-state index >= 15 is 0 Å². The molecule has 4 nitrogen and oxygen atoms in total. The third kappa shape index (κ3) is 4.07. The summed E-state index contributed by atoms with van der Waals surface area (Å²) in [5.74, 6) is 0.521. The smallest absolute Gasteiger partial charge is 0.258 e. The molecule has 3 aromatic rings. The Hall–Kier alpha value is -2.88. The molecule has 0 aliphatic heterocycles. The van der Waals surface area contributed by atoms with E-state index in [0.29, 0.717) is 12.3 Å². The summed E-state index contributed by atoms with van der Waals surface area (Å²) < 4.78 is 5.54. The van der Waals surface area contributed by atoms with E-state index < -0.39 is 0 Å². The zero-order valence-electron chi connectivity index (χ0n) is 13.0. The van der Waals surface area contributed by atoms with Gasteiger partial charge in [-0.25, -0.2) is 0 Å². The number of rotatable bonds is 5. The monoisotopic (exact) mass is 306 g/mol. The number of hydrogen-bond donors (Lipinski definition) is 1. The molecule has 0 saturated heterocycles. The maximum absolute atomic E-state index is 11.9. The highest BCUT2D eigenvalue weighted by molar-refractivity contribution is 5.80. The van der Waals surface area contributed by atoms with E-state index in [0.717, 1.165) is 16.5 Å². The Morgan fingerprint density at radius 3 is 2.78 bits per heavy atom. The molecule has 0 saturated carbocycles. The molecule has 4 heteroatoms. The van der Waals surface area contributed by atoms with Gasteiger partial charge in [0.25, 0.3) is 5.91 Å². The number of aryl methyl sites for hydroxylation is 1. The topological polar surface area (TPSA) is 51.2 Å². The zero-order valence-corrected chi connectivity index (χ0v) is 13.0. The van der Waals surface area contributed by atoms with E-state index in [4.69, 9.17) is 4.74 Å². The number of nitrogens with zero attached hydrogens (tertiary/aromatic N) is 1. The highest BCUT2D eigenvalue weighted by Crippen LogP contribution is 2.18. The normalized spacial score (nSPS) is 10.5. The lowest BCUT2D eigenvalue weighted by atomic mass is 10.1. The molecule has 1 aromatic heterocycles. The number of carbonyl (C=O) groups excluding carboxylic acids is 1. The third-order valence-corrected chi connectivity index (χ3v) is 3.55. The number of pyridine rings is 1. The number of nitrogens with one attached hydrogen (secondary N) is 1. The molecule has 116 valence electrons. The Labute approximate surface area is 135 Å². The van der Waals surface area contributed by atoms with Crippen LogP contribution in [0.1, 0.15) is 11.1 Å². The van der Waals surface area contributed by atoms with Crippen LogP contribution < -0.4 is 10.1 Å². The van der Waals surface area contributed by atoms with E-state index in [1.807, 2.05) is 61.5 Å². The minimum atomic E-state index is -0.142. The summed E-state index contributed by atoms with van der Waals surface area (Å²) >= 11 is 0. The first-order chi connectivity index (χ1) is 11.2. The van der Waals surface area contributed by atoms with Crippen LogP contribution in [0.25, 0.3) is 10.9 Å². The number of benzene rings is 2. The molecular weight excluding hydrogens is 288 g/mol. The van der Waals surface area contributed by atoms with Gasteiger partial charge < -0.3 is 10.1 Å². The fourth-order valence-electron chi connectivity index (χ4n) is 2.25. The summed E-state index contributed by atoms with van der Waals surface area (Å²) in [7, 11) is 0. The van der Waals surface area contributed by atoms with Gasteiger partial charge >= 0.3 is 0 Å². The molecule has 0 aliphatic rings. The maximum Gasteiger partial charge on any atom is 0.258 e. The molecule has 0 radical (unpaired) electrons. The lowest BCUT2D eigenvalue weighted by Crippen LogP contribution is -2.28. The predicted molar refractivity (Wildman–Crippen MR) is 90.3 cm³/mol. The minimum absolute atomic E-state index is 0.00235. The van der Waals surface area contributed by atoms with E-state index in [-0.39, 0.29) is 12.5 Å². The largest absolute Gasteiger partial charge is 0.484 e. The van der Waals surface area contributed by atoms with Crippen molar-refractivity contribution in [2.45, 2.75) is 13.5 Å². The highest BCUT2D eigenvalue weighted by atomic mass is 16.5. The SMILES string of the molecule is Cc1ccc(CNC(=O)COc2ccc3ncccc3c2)cc1. The Morgan fingerprint density at radius 2 is 1.96 bits per heavy atom. The number of fused-ring (bicyclic) bond motifs is 1. The average Bonchev–Trinajstić information content (AvgIpc) is 2.59. The predicted octanol–water partition coefficient (Wildman–Crippen LogP) is 3.24. The van der Waals surface area contributed by atoms with E-state index in [1.165, 1.54) is 5.56 Å². The fraction of sp³-hybridized carbons (Fsp3) is 0.158. The number of hydrogen-bond acceptors (Lipinski definition) is 3. The van der Waals surface area contributed by atoms with Gasteiger partial charge in [-0.3, -0.25) is 9.78 Å². The van der Waals surface area contributed by atoms with Crippen molar-refractivity contribution in [3.63, 3.8) is 0 Å². The lowest BCUT2D eigenvalue weighted by molar-refractivity contribution is -0.123. The summed E-state index contributed by atoms with van der Waals surface area (Å²) in [4.78, 5) is 16.1. The molecule has 1 amide bonds. The first-order valence-electron chi connectivity index (χ1n) is 7.50. The number of carbonyl (C=O) groups is 1. The molecule has 0 unspecified atom stereocenters. The van der Waals surface area contributed by atoms with Gasteiger partial charge in [-0.2, -0.15) is 0 Å². The second kappa shape index (κ2) is 6.92. The van der Waals surface area contributed by atoms with Crippen molar-refractivity contribution in [3.05, 3.63) is 71.9 Å². The van der Waals surface area contributed by atoms with Crippen LogP contribution in [0.5, 0.6) is 5.75 Å². The van der Waals surface area contributed by atoms with Crippen molar-refractivity contribution in [3.8, 4) is 5.75 Å². The number of aromatic nitrogens is 1. The first-order valence-corrected chi connectivity index (χ1v) is 7.50. The second-order valence-electron chi connectivity index (χ2n) is 5.41. The van der Waals surface area contributed by atoms with Crippen LogP contribution in [0.2, 0.25) is 0 Å². The Kier molecular flexibility index (Phi) is 4.52. The average molecular weight is 306 g/mol. The van der Waals surface area contributed by atoms with Crippen molar-refractivity contribution >= 4 is 16.8 Å². The van der Waals surface area contributed by atoms with Gasteiger partial charge in [0, 0.05) is 18.1 Å². The lowest BCUT2D eigenvalue weighted by Gasteiger charge is -2.08. The molecule has 0 atom stereocenters. The molecule has 3 rings (SSSR count). The van der Waals surface area contributed by atoms with Crippen LogP contribution in [0.15, 0.2) is 60.8 Å². The fourth-order valence-corrected chi connectivity index (χ4v) is 2.25. The maximum atomic E-state index is 11.9. The van der Waals surface area contributed by atoms with Crippen molar-refractivity contribution in [1.29, 1.82) is 0 Å². The van der Waals surface area contributed by atoms with Gasteiger partial charge in [-0.15, -0.1) is 0 Å². The van der Waals surface area contributed by atoms with Gasteiger partial charge in [-0.1, -0.05) is 35.9 Å². The summed E-state index contributed by atoms with van der Waals surface area (Å²) in [6.07, 6.45) is 1.75. The Bertz CT molecular complexity index is 813. The quantitative estimate of drug-likeness (QED) is 0.787. The minimum Gasteiger partial charge on any atom is -0.484 e. The van der Waals surface area contributed by atoms with Crippen LogP contribution in [-0.4, -0.2) is 17.5 Å². The molecule has 1 N–H and O–H groups in total. The summed E-state index contributed by atoms with van der Waals surface area (Å²) in [6, 6.07) is 17.5. The summed E-state index contributed by atoms with van der Waals surface area (Å²) in [5.41, 5.74) is 3.18. The van der Waals surface area contributed by atoms with Crippen molar-refractivity contribution in [2.75, 3.05) is 6.61 Å².